The molecule has 0 spiro atoms. The van der Waals surface area contributed by atoms with Gasteiger partial charge < -0.3 is 0 Å². The van der Waals surface area contributed by atoms with E-state index in [0.29, 0.717) is 0 Å². The van der Waals surface area contributed by atoms with Gasteiger partial charge in [-0.3, -0.25) is 14.8 Å². The van der Waals surface area contributed by atoms with Crippen molar-refractivity contribution in [3.05, 3.63) is 68.9 Å². The van der Waals surface area contributed by atoms with Crippen molar-refractivity contribution in [3.8, 4) is 0 Å². The van der Waals surface area contributed by atoms with E-state index in [2.05, 4.69) is 5.10 Å². The first-order valence-electron chi connectivity index (χ1n) is 7.04. The summed E-state index contributed by atoms with van der Waals surface area (Å²) in [7, 11) is 0. The molecular formula is C15H6F7N3O2. The van der Waals surface area contributed by atoms with E-state index >= 15 is 0 Å². The molecule has 0 amide bonds. The van der Waals surface area contributed by atoms with E-state index in [1.165, 1.54) is 6.07 Å². The molecule has 142 valence electrons. The lowest BCUT2D eigenvalue weighted by atomic mass is 10.1. The summed E-state index contributed by atoms with van der Waals surface area (Å²) in [6, 6.07) is 3.43. The van der Waals surface area contributed by atoms with E-state index in [4.69, 9.17) is 0 Å². The highest BCUT2D eigenvalue weighted by Crippen LogP contribution is 2.37. The molecule has 0 fully saturated rings. The van der Waals surface area contributed by atoms with Crippen LogP contribution in [0.15, 0.2) is 24.4 Å². The zero-order valence-corrected chi connectivity index (χ0v) is 12.8. The predicted octanol–water partition coefficient (Wildman–Crippen LogP) is 4.57. The number of hydrogen-bond acceptors (Lipinski definition) is 3. The Labute approximate surface area is 144 Å². The minimum Gasteiger partial charge on any atom is -0.267 e. The second-order valence-electron chi connectivity index (χ2n) is 5.43. The minimum absolute atomic E-state index is 0.161. The van der Waals surface area contributed by atoms with E-state index in [0.717, 1.165) is 23.0 Å². The molecule has 0 radical (unpaired) electrons. The Kier molecular flexibility index (Phi) is 4.28. The largest absolute Gasteiger partial charge is 0.422 e. The summed E-state index contributed by atoms with van der Waals surface area (Å²) >= 11 is 0. The van der Waals surface area contributed by atoms with Gasteiger partial charge in [0.25, 0.3) is 5.69 Å². The van der Waals surface area contributed by atoms with E-state index < -0.39 is 52.0 Å². The van der Waals surface area contributed by atoms with Crippen molar-refractivity contribution < 1.29 is 35.7 Å². The van der Waals surface area contributed by atoms with Crippen LogP contribution in [-0.2, 0) is 12.7 Å². The second-order valence-corrected chi connectivity index (χ2v) is 5.43. The smallest absolute Gasteiger partial charge is 0.267 e. The average molecular weight is 393 g/mol. The molecule has 3 aromatic rings. The molecule has 1 aromatic heterocycles. The van der Waals surface area contributed by atoms with Gasteiger partial charge in [-0.2, -0.15) is 18.3 Å². The van der Waals surface area contributed by atoms with Gasteiger partial charge in [0.1, 0.15) is 5.56 Å². The van der Waals surface area contributed by atoms with Crippen molar-refractivity contribution in [2.24, 2.45) is 0 Å². The van der Waals surface area contributed by atoms with Crippen LogP contribution >= 0.6 is 0 Å². The molecule has 0 saturated carbocycles. The van der Waals surface area contributed by atoms with E-state index in [9.17, 15) is 40.8 Å². The van der Waals surface area contributed by atoms with Crippen LogP contribution < -0.4 is 0 Å². The van der Waals surface area contributed by atoms with Gasteiger partial charge in [-0.1, -0.05) is 0 Å². The van der Waals surface area contributed by atoms with Crippen LogP contribution in [-0.4, -0.2) is 14.7 Å². The molecule has 12 heteroatoms. The van der Waals surface area contributed by atoms with Crippen LogP contribution in [0.25, 0.3) is 10.9 Å². The minimum atomic E-state index is -5.63. The lowest BCUT2D eigenvalue weighted by molar-refractivity contribution is -0.384. The summed E-state index contributed by atoms with van der Waals surface area (Å²) in [4.78, 5) is 10.0. The fourth-order valence-electron chi connectivity index (χ4n) is 2.49. The molecular weight excluding hydrogens is 387 g/mol. The Morgan fingerprint density at radius 3 is 2.15 bits per heavy atom. The lowest BCUT2D eigenvalue weighted by Crippen LogP contribution is -2.18. The number of hydrogen-bond donors (Lipinski definition) is 0. The van der Waals surface area contributed by atoms with Gasteiger partial charge in [0.15, 0.2) is 23.3 Å². The van der Waals surface area contributed by atoms with Gasteiger partial charge >= 0.3 is 6.18 Å². The van der Waals surface area contributed by atoms with Gasteiger partial charge in [0.05, 0.1) is 22.5 Å². The van der Waals surface area contributed by atoms with Gasteiger partial charge in [-0.05, 0) is 6.07 Å². The highest BCUT2D eigenvalue weighted by molar-refractivity contribution is 5.80. The topological polar surface area (TPSA) is 61.0 Å². The van der Waals surface area contributed by atoms with Gasteiger partial charge in [0.2, 0.25) is 0 Å². The third kappa shape index (κ3) is 3.17. The maximum atomic E-state index is 13.9. The fourth-order valence-corrected chi connectivity index (χ4v) is 2.49. The Hall–Kier alpha value is -3.18. The van der Waals surface area contributed by atoms with E-state index in [1.807, 2.05) is 0 Å². The molecule has 0 aliphatic heterocycles. The number of aromatic nitrogens is 2. The number of fused-ring (bicyclic) bond motifs is 1. The normalized spacial score (nSPS) is 12.0. The van der Waals surface area contributed by atoms with Crippen molar-refractivity contribution in [3.63, 3.8) is 0 Å². The molecule has 0 bridgehead atoms. The van der Waals surface area contributed by atoms with Crippen molar-refractivity contribution in [2.75, 3.05) is 0 Å². The number of non-ortho nitro benzene ring substituents is 1. The Balaban J connectivity index is 2.08. The zero-order chi connectivity index (χ0) is 20.1. The lowest BCUT2D eigenvalue weighted by Gasteiger charge is -2.14. The maximum absolute atomic E-state index is 13.9. The summed E-state index contributed by atoms with van der Waals surface area (Å²) in [5, 5.41) is 14.7. The van der Waals surface area contributed by atoms with Crippen LogP contribution in [0.2, 0.25) is 0 Å². The van der Waals surface area contributed by atoms with Gasteiger partial charge in [-0.15, -0.1) is 0 Å². The number of rotatable bonds is 3. The fraction of sp³-hybridized carbons (Fsp3) is 0.133. The van der Waals surface area contributed by atoms with Crippen molar-refractivity contribution in [1.82, 2.24) is 9.78 Å². The van der Waals surface area contributed by atoms with Gasteiger partial charge in [0, 0.05) is 23.7 Å². The summed E-state index contributed by atoms with van der Waals surface area (Å²) in [5.41, 5.74) is -4.11. The number of alkyl halides is 3. The van der Waals surface area contributed by atoms with Gasteiger partial charge in [-0.25, -0.2) is 17.6 Å². The molecule has 3 rings (SSSR count). The highest BCUT2D eigenvalue weighted by atomic mass is 19.4. The summed E-state index contributed by atoms with van der Waals surface area (Å²) < 4.78 is 93.7. The highest BCUT2D eigenvalue weighted by Gasteiger charge is 2.42. The molecule has 0 aliphatic carbocycles. The molecule has 0 atom stereocenters. The monoisotopic (exact) mass is 393 g/mol. The average Bonchev–Trinajstić information content (AvgIpc) is 2.97. The first-order chi connectivity index (χ1) is 12.5. The standard InChI is InChI=1S/C15H6F7N3O2/c16-11-8(12(17)14(19)10(13(11)18)15(20,21)22)5-24-4-6-3-7(25(26)27)1-2-9(6)23-24/h1-4H,5H2. The summed E-state index contributed by atoms with van der Waals surface area (Å²) in [6.07, 6.45) is -4.54. The number of benzene rings is 2. The Morgan fingerprint density at radius 1 is 1.04 bits per heavy atom. The molecule has 2 aromatic carbocycles. The summed E-state index contributed by atoms with van der Waals surface area (Å²) in [5.74, 6) is -9.54. The van der Waals surface area contributed by atoms with Crippen LogP contribution in [0.3, 0.4) is 0 Å². The Morgan fingerprint density at radius 2 is 1.63 bits per heavy atom. The predicted molar refractivity (Wildman–Crippen MR) is 76.8 cm³/mol. The SMILES string of the molecule is O=[N+]([O-])c1ccc2nn(Cc3c(F)c(F)c(C(F)(F)F)c(F)c3F)cc2c1. The van der Waals surface area contributed by atoms with Crippen LogP contribution in [0.4, 0.5) is 36.4 Å². The first kappa shape index (κ1) is 18.6. The van der Waals surface area contributed by atoms with Crippen molar-refractivity contribution in [2.45, 2.75) is 12.7 Å². The second kappa shape index (κ2) is 6.21. The molecule has 0 saturated heterocycles. The zero-order valence-electron chi connectivity index (χ0n) is 12.8. The van der Waals surface area contributed by atoms with E-state index in [1.54, 1.807) is 0 Å². The summed E-state index contributed by atoms with van der Waals surface area (Å²) in [6.45, 7) is -0.938. The molecule has 0 aliphatic rings. The molecule has 0 unspecified atom stereocenters. The van der Waals surface area contributed by atoms with Crippen LogP contribution in [0, 0.1) is 33.4 Å². The van der Waals surface area contributed by atoms with Crippen molar-refractivity contribution in [1.29, 1.82) is 0 Å². The Bertz CT molecular complexity index is 1050. The van der Waals surface area contributed by atoms with Crippen molar-refractivity contribution >= 4 is 16.6 Å². The van der Waals surface area contributed by atoms with Crippen LogP contribution in [0.5, 0.6) is 0 Å². The maximum Gasteiger partial charge on any atom is 0.422 e. The third-order valence-corrected chi connectivity index (χ3v) is 3.70. The molecule has 5 nitrogen and oxygen atoms in total. The quantitative estimate of drug-likeness (QED) is 0.284. The molecule has 1 heterocycles. The number of halogens is 7. The third-order valence-electron chi connectivity index (χ3n) is 3.70. The molecule has 27 heavy (non-hydrogen) atoms. The first-order valence-corrected chi connectivity index (χ1v) is 7.04. The molecule has 0 N–H and O–H groups in total. The van der Waals surface area contributed by atoms with Crippen LogP contribution in [0.1, 0.15) is 11.1 Å². The number of nitrogens with zero attached hydrogens (tertiary/aromatic N) is 3. The number of nitro benzene ring substituents is 1. The van der Waals surface area contributed by atoms with E-state index in [-0.39, 0.29) is 16.6 Å². The number of nitro groups is 1.